The molecule has 0 saturated carbocycles. The Morgan fingerprint density at radius 1 is 1.18 bits per heavy atom. The fraction of sp³-hybridized carbons (Fsp3) is 0.407. The zero-order valence-corrected chi connectivity index (χ0v) is 22.6. The predicted molar refractivity (Wildman–Crippen MR) is 151 cm³/mol. The van der Waals surface area contributed by atoms with Crippen molar-refractivity contribution >= 4 is 34.1 Å². The third-order valence-corrected chi connectivity index (χ3v) is 7.43. The van der Waals surface area contributed by atoms with Gasteiger partial charge in [0.05, 0.1) is 11.8 Å². The number of aromatic nitrogens is 2. The lowest BCUT2D eigenvalue weighted by Crippen LogP contribution is -2.45. The van der Waals surface area contributed by atoms with Crippen LogP contribution in [0.1, 0.15) is 37.0 Å². The molecule has 1 saturated heterocycles. The van der Waals surface area contributed by atoms with Crippen LogP contribution >= 0.6 is 11.3 Å². The van der Waals surface area contributed by atoms with Gasteiger partial charge in [0.15, 0.2) is 5.82 Å². The summed E-state index contributed by atoms with van der Waals surface area (Å²) in [5.74, 6) is 0.857. The summed E-state index contributed by atoms with van der Waals surface area (Å²) < 4.78 is 6.00. The molecular formula is C27H35N7O3S. The normalized spacial score (nSPS) is 15.2. The summed E-state index contributed by atoms with van der Waals surface area (Å²) in [6, 6.07) is 9.16. The highest BCUT2D eigenvalue weighted by atomic mass is 32.1. The summed E-state index contributed by atoms with van der Waals surface area (Å²) in [6.45, 7) is 9.37. The van der Waals surface area contributed by atoms with E-state index in [1.54, 1.807) is 0 Å². The second-order valence-corrected chi connectivity index (χ2v) is 10.00. The highest BCUT2D eigenvalue weighted by molar-refractivity contribution is 7.20. The lowest BCUT2D eigenvalue weighted by molar-refractivity contribution is 0.0932. The Hall–Kier alpha value is -3.54. The second kappa shape index (κ2) is 13.8. The number of thiophene rings is 1. The zero-order chi connectivity index (χ0) is 26.7. The SMILES string of the molecule is CCN(CC)CCOc1cccc(-c2cc(C(=O)NC3CCCNC3)c(NC(=O)Nc3cnccn3)s2)c1. The van der Waals surface area contributed by atoms with Gasteiger partial charge in [0.2, 0.25) is 0 Å². The molecule has 11 heteroatoms. The number of hydrogen-bond donors (Lipinski definition) is 4. The molecule has 1 fully saturated rings. The van der Waals surface area contributed by atoms with Gasteiger partial charge in [0.25, 0.3) is 5.91 Å². The van der Waals surface area contributed by atoms with Crippen LogP contribution in [-0.2, 0) is 0 Å². The number of rotatable bonds is 11. The smallest absolute Gasteiger partial charge is 0.325 e. The molecule has 10 nitrogen and oxygen atoms in total. The fourth-order valence-corrected chi connectivity index (χ4v) is 5.27. The molecule has 1 aliphatic rings. The van der Waals surface area contributed by atoms with E-state index in [1.165, 1.54) is 29.9 Å². The first-order valence-electron chi connectivity index (χ1n) is 13.0. The van der Waals surface area contributed by atoms with Crippen molar-refractivity contribution < 1.29 is 14.3 Å². The average molecular weight is 538 g/mol. The number of nitrogens with zero attached hydrogens (tertiary/aromatic N) is 3. The van der Waals surface area contributed by atoms with Gasteiger partial charge in [-0.1, -0.05) is 26.0 Å². The van der Waals surface area contributed by atoms with Gasteiger partial charge in [0.1, 0.15) is 17.4 Å². The minimum Gasteiger partial charge on any atom is -0.492 e. The van der Waals surface area contributed by atoms with Crippen LogP contribution in [0.25, 0.3) is 10.4 Å². The van der Waals surface area contributed by atoms with Crippen LogP contribution in [-0.4, -0.2) is 72.2 Å². The van der Waals surface area contributed by atoms with Crippen molar-refractivity contribution in [3.8, 4) is 16.2 Å². The molecule has 38 heavy (non-hydrogen) atoms. The molecule has 2 aromatic heterocycles. The number of urea groups is 1. The Kier molecular flexibility index (Phi) is 10.0. The van der Waals surface area contributed by atoms with Crippen LogP contribution in [0.15, 0.2) is 48.9 Å². The Morgan fingerprint density at radius 2 is 2.05 bits per heavy atom. The van der Waals surface area contributed by atoms with E-state index in [4.69, 9.17) is 4.74 Å². The second-order valence-electron chi connectivity index (χ2n) is 8.94. The number of carbonyl (C=O) groups excluding carboxylic acids is 2. The molecule has 3 aromatic rings. The summed E-state index contributed by atoms with van der Waals surface area (Å²) in [4.78, 5) is 37.2. The quantitative estimate of drug-likeness (QED) is 0.291. The maximum atomic E-state index is 13.3. The van der Waals surface area contributed by atoms with E-state index >= 15 is 0 Å². The van der Waals surface area contributed by atoms with Crippen molar-refractivity contribution in [1.29, 1.82) is 0 Å². The number of amides is 3. The van der Waals surface area contributed by atoms with Crippen LogP contribution in [0, 0.1) is 0 Å². The first kappa shape index (κ1) is 27.5. The number of carbonyl (C=O) groups is 2. The minimum atomic E-state index is -0.499. The van der Waals surface area contributed by atoms with E-state index in [9.17, 15) is 9.59 Å². The monoisotopic (exact) mass is 537 g/mol. The molecule has 3 amide bonds. The first-order chi connectivity index (χ1) is 18.6. The van der Waals surface area contributed by atoms with E-state index < -0.39 is 6.03 Å². The number of likely N-dealkylation sites (N-methyl/N-ethyl adjacent to an activating group) is 1. The fourth-order valence-electron chi connectivity index (χ4n) is 4.22. The summed E-state index contributed by atoms with van der Waals surface area (Å²) >= 11 is 1.34. The number of piperidine rings is 1. The topological polar surface area (TPSA) is 121 Å². The van der Waals surface area contributed by atoms with Gasteiger partial charge in [-0.2, -0.15) is 0 Å². The van der Waals surface area contributed by atoms with E-state index in [2.05, 4.69) is 50.0 Å². The number of ether oxygens (including phenoxy) is 1. The maximum Gasteiger partial charge on any atom is 0.325 e. The van der Waals surface area contributed by atoms with Crippen LogP contribution in [0.5, 0.6) is 5.75 Å². The summed E-state index contributed by atoms with van der Waals surface area (Å²) in [7, 11) is 0. The number of hydrogen-bond acceptors (Lipinski definition) is 8. The van der Waals surface area contributed by atoms with Crippen LogP contribution < -0.4 is 26.0 Å². The largest absolute Gasteiger partial charge is 0.492 e. The maximum absolute atomic E-state index is 13.3. The average Bonchev–Trinajstić information content (AvgIpc) is 3.36. The zero-order valence-electron chi connectivity index (χ0n) is 21.8. The van der Waals surface area contributed by atoms with Gasteiger partial charge >= 0.3 is 6.03 Å². The van der Waals surface area contributed by atoms with Gasteiger partial charge in [0, 0.05) is 36.4 Å². The number of nitrogens with one attached hydrogen (secondary N) is 4. The predicted octanol–water partition coefficient (Wildman–Crippen LogP) is 4.05. The Morgan fingerprint density at radius 3 is 2.79 bits per heavy atom. The van der Waals surface area contributed by atoms with E-state index in [0.717, 1.165) is 61.8 Å². The standard InChI is InChI=1S/C27H35N7O3S/c1-3-34(4-2)13-14-37-21-9-5-7-19(15-21)23-16-22(25(35)31-20-8-6-10-28-17-20)26(38-23)33-27(36)32-24-18-29-11-12-30-24/h5,7,9,11-12,15-16,18,20,28H,3-4,6,8,10,13-14,17H2,1-2H3,(H,31,35)(H2,30,32,33,36). The van der Waals surface area contributed by atoms with Gasteiger partial charge in [-0.15, -0.1) is 11.3 Å². The van der Waals surface area contributed by atoms with Crippen LogP contribution in [0.3, 0.4) is 0 Å². The van der Waals surface area contributed by atoms with Gasteiger partial charge in [-0.05, 0) is 56.2 Å². The Balaban J connectivity index is 1.52. The van der Waals surface area contributed by atoms with E-state index in [1.807, 2.05) is 30.3 Å². The summed E-state index contributed by atoms with van der Waals surface area (Å²) in [5.41, 5.74) is 1.32. The summed E-state index contributed by atoms with van der Waals surface area (Å²) in [6.07, 6.45) is 6.39. The molecule has 0 radical (unpaired) electrons. The van der Waals surface area contributed by atoms with Crippen LogP contribution in [0.4, 0.5) is 15.6 Å². The van der Waals surface area contributed by atoms with Crippen molar-refractivity contribution in [2.24, 2.45) is 0 Å². The van der Waals surface area contributed by atoms with E-state index in [0.29, 0.717) is 23.0 Å². The molecule has 0 bridgehead atoms. The molecule has 1 unspecified atom stereocenters. The Labute approximate surface area is 227 Å². The van der Waals surface area contributed by atoms with Crippen molar-refractivity contribution in [3.63, 3.8) is 0 Å². The van der Waals surface area contributed by atoms with Crippen molar-refractivity contribution in [1.82, 2.24) is 25.5 Å². The number of anilines is 2. The third-order valence-electron chi connectivity index (χ3n) is 6.33. The molecule has 0 spiro atoms. The van der Waals surface area contributed by atoms with Gasteiger partial charge in [-0.3, -0.25) is 20.4 Å². The molecule has 0 aliphatic carbocycles. The molecule has 4 rings (SSSR count). The minimum absolute atomic E-state index is 0.0448. The van der Waals surface area contributed by atoms with Crippen molar-refractivity contribution in [2.45, 2.75) is 32.7 Å². The lowest BCUT2D eigenvalue weighted by atomic mass is 10.1. The van der Waals surface area contributed by atoms with Crippen molar-refractivity contribution in [2.75, 3.05) is 50.0 Å². The van der Waals surface area contributed by atoms with Gasteiger partial charge < -0.3 is 20.3 Å². The van der Waals surface area contributed by atoms with Gasteiger partial charge in [-0.25, -0.2) is 9.78 Å². The molecular weight excluding hydrogens is 502 g/mol. The highest BCUT2D eigenvalue weighted by Gasteiger charge is 2.22. The molecule has 1 aromatic carbocycles. The molecule has 1 aliphatic heterocycles. The summed E-state index contributed by atoms with van der Waals surface area (Å²) in [5, 5.41) is 12.4. The van der Waals surface area contributed by atoms with E-state index in [-0.39, 0.29) is 11.9 Å². The number of benzene rings is 1. The highest BCUT2D eigenvalue weighted by Crippen LogP contribution is 2.37. The molecule has 202 valence electrons. The molecule has 4 N–H and O–H groups in total. The third kappa shape index (κ3) is 7.73. The first-order valence-corrected chi connectivity index (χ1v) is 13.8. The molecule has 1 atom stereocenters. The van der Waals surface area contributed by atoms with Crippen molar-refractivity contribution in [3.05, 3.63) is 54.5 Å². The lowest BCUT2D eigenvalue weighted by Gasteiger charge is -2.23. The Bertz CT molecular complexity index is 1190. The molecule has 3 heterocycles. The van der Waals surface area contributed by atoms with Crippen LogP contribution in [0.2, 0.25) is 0 Å².